The number of rotatable bonds is 5. The molecule has 0 fully saturated rings. The van der Waals surface area contributed by atoms with E-state index in [-0.39, 0.29) is 5.82 Å². The maximum atomic E-state index is 13.5. The van der Waals surface area contributed by atoms with Crippen molar-refractivity contribution in [1.29, 1.82) is 0 Å². The van der Waals surface area contributed by atoms with Gasteiger partial charge in [-0.25, -0.2) is 14.4 Å². The average molecular weight is 293 g/mol. The molecule has 0 amide bonds. The Balaban J connectivity index is 1.65. The van der Waals surface area contributed by atoms with Gasteiger partial charge in [0.2, 0.25) is 0 Å². The minimum atomic E-state index is -0.169. The van der Waals surface area contributed by atoms with Gasteiger partial charge in [-0.1, -0.05) is 48.5 Å². The lowest BCUT2D eigenvalue weighted by Crippen LogP contribution is -2.07. The van der Waals surface area contributed by atoms with Crippen LogP contribution in [0.4, 0.5) is 10.2 Å². The third-order valence-electron chi connectivity index (χ3n) is 3.39. The second-order valence-electron chi connectivity index (χ2n) is 4.92. The zero-order valence-electron chi connectivity index (χ0n) is 12.0. The fourth-order valence-electron chi connectivity index (χ4n) is 2.25. The molecule has 3 nitrogen and oxygen atoms in total. The highest BCUT2D eigenvalue weighted by Crippen LogP contribution is 2.18. The van der Waals surface area contributed by atoms with Crippen molar-refractivity contribution in [2.45, 2.75) is 6.42 Å². The molecule has 0 radical (unpaired) electrons. The maximum absolute atomic E-state index is 13.5. The zero-order chi connectivity index (χ0) is 15.2. The lowest BCUT2D eigenvalue weighted by molar-refractivity contribution is 0.610. The van der Waals surface area contributed by atoms with Gasteiger partial charge in [0.05, 0.1) is 5.69 Å². The second-order valence-corrected chi connectivity index (χ2v) is 4.92. The Kier molecular flexibility index (Phi) is 4.39. The molecule has 0 spiro atoms. The van der Waals surface area contributed by atoms with E-state index < -0.39 is 0 Å². The quantitative estimate of drug-likeness (QED) is 0.774. The van der Waals surface area contributed by atoms with Gasteiger partial charge in [-0.3, -0.25) is 0 Å². The van der Waals surface area contributed by atoms with Crippen LogP contribution in [0.25, 0.3) is 11.3 Å². The van der Waals surface area contributed by atoms with Crippen molar-refractivity contribution < 1.29 is 4.39 Å². The summed E-state index contributed by atoms with van der Waals surface area (Å²) in [5.74, 6) is 0.571. The summed E-state index contributed by atoms with van der Waals surface area (Å²) in [6.07, 6.45) is 2.14. The van der Waals surface area contributed by atoms with Gasteiger partial charge < -0.3 is 5.32 Å². The van der Waals surface area contributed by atoms with Gasteiger partial charge in [-0.2, -0.15) is 0 Å². The Morgan fingerprint density at radius 2 is 1.68 bits per heavy atom. The van der Waals surface area contributed by atoms with Crippen LogP contribution in [-0.4, -0.2) is 16.5 Å². The van der Waals surface area contributed by atoms with E-state index in [0.29, 0.717) is 18.5 Å². The number of nitrogens with one attached hydrogen (secondary N) is 1. The normalized spacial score (nSPS) is 10.4. The molecular weight excluding hydrogens is 277 g/mol. The molecule has 1 aromatic heterocycles. The molecule has 110 valence electrons. The van der Waals surface area contributed by atoms with E-state index in [9.17, 15) is 4.39 Å². The van der Waals surface area contributed by atoms with Crippen LogP contribution in [0.1, 0.15) is 5.56 Å². The summed E-state index contributed by atoms with van der Waals surface area (Å²) in [6, 6.07) is 18.6. The molecule has 2 aromatic carbocycles. The fourth-order valence-corrected chi connectivity index (χ4v) is 2.25. The SMILES string of the molecule is Fc1ccccc1CCNc1cc(-c2ccccc2)ncn1. The van der Waals surface area contributed by atoms with Crippen LogP contribution >= 0.6 is 0 Å². The Labute approximate surface area is 128 Å². The van der Waals surface area contributed by atoms with E-state index >= 15 is 0 Å². The molecule has 0 aliphatic rings. The average Bonchev–Trinajstić information content (AvgIpc) is 2.58. The topological polar surface area (TPSA) is 37.8 Å². The lowest BCUT2D eigenvalue weighted by Gasteiger charge is -2.07. The fraction of sp³-hybridized carbons (Fsp3) is 0.111. The van der Waals surface area contributed by atoms with Crippen LogP contribution in [0.5, 0.6) is 0 Å². The molecule has 1 N–H and O–H groups in total. The lowest BCUT2D eigenvalue weighted by atomic mass is 10.1. The van der Waals surface area contributed by atoms with Crippen LogP contribution in [0.3, 0.4) is 0 Å². The summed E-state index contributed by atoms with van der Waals surface area (Å²) in [7, 11) is 0. The summed E-state index contributed by atoms with van der Waals surface area (Å²) in [5.41, 5.74) is 2.61. The molecule has 4 heteroatoms. The van der Waals surface area contributed by atoms with Crippen LogP contribution in [-0.2, 0) is 6.42 Å². The number of nitrogens with zero attached hydrogens (tertiary/aromatic N) is 2. The highest BCUT2D eigenvalue weighted by molar-refractivity contribution is 5.61. The highest BCUT2D eigenvalue weighted by atomic mass is 19.1. The zero-order valence-corrected chi connectivity index (χ0v) is 12.0. The third kappa shape index (κ3) is 3.47. The summed E-state index contributed by atoms with van der Waals surface area (Å²) < 4.78 is 13.5. The van der Waals surface area contributed by atoms with Crippen molar-refractivity contribution in [3.05, 3.63) is 78.4 Å². The van der Waals surface area contributed by atoms with Gasteiger partial charge in [-0.15, -0.1) is 0 Å². The molecule has 1 heterocycles. The van der Waals surface area contributed by atoms with E-state index in [2.05, 4.69) is 15.3 Å². The monoisotopic (exact) mass is 293 g/mol. The molecule has 0 saturated carbocycles. The van der Waals surface area contributed by atoms with Crippen molar-refractivity contribution in [3.63, 3.8) is 0 Å². The highest BCUT2D eigenvalue weighted by Gasteiger charge is 2.03. The van der Waals surface area contributed by atoms with E-state index in [0.717, 1.165) is 17.1 Å². The summed E-state index contributed by atoms with van der Waals surface area (Å²) in [6.45, 7) is 0.617. The van der Waals surface area contributed by atoms with Crippen LogP contribution in [0.15, 0.2) is 67.0 Å². The van der Waals surface area contributed by atoms with Crippen LogP contribution in [0, 0.1) is 5.82 Å². The number of halogens is 1. The molecule has 22 heavy (non-hydrogen) atoms. The first kappa shape index (κ1) is 14.2. The van der Waals surface area contributed by atoms with E-state index in [1.54, 1.807) is 12.1 Å². The molecule has 0 aliphatic carbocycles. The number of hydrogen-bond acceptors (Lipinski definition) is 3. The van der Waals surface area contributed by atoms with Gasteiger partial charge >= 0.3 is 0 Å². The number of anilines is 1. The Hall–Kier alpha value is -2.75. The minimum Gasteiger partial charge on any atom is -0.370 e. The van der Waals surface area contributed by atoms with Crippen molar-refractivity contribution >= 4 is 5.82 Å². The smallest absolute Gasteiger partial charge is 0.129 e. The second kappa shape index (κ2) is 6.80. The summed E-state index contributed by atoms with van der Waals surface area (Å²) >= 11 is 0. The molecule has 0 unspecified atom stereocenters. The van der Waals surface area contributed by atoms with Crippen LogP contribution < -0.4 is 5.32 Å². The van der Waals surface area contributed by atoms with E-state index in [4.69, 9.17) is 0 Å². The largest absolute Gasteiger partial charge is 0.370 e. The molecule has 0 aliphatic heterocycles. The minimum absolute atomic E-state index is 0.169. The standard InChI is InChI=1S/C18H16FN3/c19-16-9-5-4-6-14(16)10-11-20-18-12-17(21-13-22-18)15-7-2-1-3-8-15/h1-9,12-13H,10-11H2,(H,20,21,22). The Morgan fingerprint density at radius 3 is 2.50 bits per heavy atom. The number of benzene rings is 2. The maximum Gasteiger partial charge on any atom is 0.129 e. The molecular formula is C18H16FN3. The Morgan fingerprint density at radius 1 is 0.909 bits per heavy atom. The van der Waals surface area contributed by atoms with Gasteiger partial charge in [0.15, 0.2) is 0 Å². The molecule has 0 saturated heterocycles. The van der Waals surface area contributed by atoms with Gasteiger partial charge in [-0.05, 0) is 18.1 Å². The number of aromatic nitrogens is 2. The van der Waals surface area contributed by atoms with Gasteiger partial charge in [0, 0.05) is 18.2 Å². The van der Waals surface area contributed by atoms with Crippen molar-refractivity contribution in [2.24, 2.45) is 0 Å². The van der Waals surface area contributed by atoms with Gasteiger partial charge in [0.1, 0.15) is 18.0 Å². The predicted octanol–water partition coefficient (Wildman–Crippen LogP) is 3.94. The number of hydrogen-bond donors (Lipinski definition) is 1. The summed E-state index contributed by atoms with van der Waals surface area (Å²) in [5, 5.41) is 3.21. The van der Waals surface area contributed by atoms with Crippen molar-refractivity contribution in [1.82, 2.24) is 9.97 Å². The first-order chi connectivity index (χ1) is 10.8. The Bertz CT molecular complexity index is 744. The summed E-state index contributed by atoms with van der Waals surface area (Å²) in [4.78, 5) is 8.48. The van der Waals surface area contributed by atoms with E-state index in [1.807, 2.05) is 42.5 Å². The van der Waals surface area contributed by atoms with Gasteiger partial charge in [0.25, 0.3) is 0 Å². The van der Waals surface area contributed by atoms with E-state index in [1.165, 1.54) is 12.4 Å². The third-order valence-corrected chi connectivity index (χ3v) is 3.39. The first-order valence-corrected chi connectivity index (χ1v) is 7.18. The predicted molar refractivity (Wildman–Crippen MR) is 86.1 cm³/mol. The van der Waals surface area contributed by atoms with Crippen molar-refractivity contribution in [3.8, 4) is 11.3 Å². The molecule has 3 aromatic rings. The molecule has 0 bridgehead atoms. The molecule has 0 atom stereocenters. The molecule has 3 rings (SSSR count). The first-order valence-electron chi connectivity index (χ1n) is 7.18. The van der Waals surface area contributed by atoms with Crippen molar-refractivity contribution in [2.75, 3.05) is 11.9 Å². The van der Waals surface area contributed by atoms with Crippen LogP contribution in [0.2, 0.25) is 0 Å².